The summed E-state index contributed by atoms with van der Waals surface area (Å²) >= 11 is 0. The molecule has 2 aromatic rings. The largest absolute Gasteiger partial charge is 0.493 e. The lowest BCUT2D eigenvalue weighted by Crippen LogP contribution is -2.37. The van der Waals surface area contributed by atoms with E-state index in [0.717, 1.165) is 5.56 Å². The van der Waals surface area contributed by atoms with Gasteiger partial charge in [-0.1, -0.05) is 26.0 Å². The number of carbonyl (C=O) groups is 2. The van der Waals surface area contributed by atoms with Gasteiger partial charge in [0.15, 0.2) is 11.5 Å². The van der Waals surface area contributed by atoms with E-state index in [2.05, 4.69) is 10.3 Å². The molecule has 1 heterocycles. The Morgan fingerprint density at radius 3 is 2.35 bits per heavy atom. The molecule has 2 N–H and O–H groups in total. The molecule has 0 aliphatic rings. The molecule has 138 valence electrons. The van der Waals surface area contributed by atoms with Gasteiger partial charge >= 0.3 is 5.97 Å². The predicted molar refractivity (Wildman–Crippen MR) is 96.1 cm³/mol. The number of aromatic carboxylic acids is 1. The topological polar surface area (TPSA) is 97.8 Å². The first-order valence-corrected chi connectivity index (χ1v) is 7.99. The first kappa shape index (κ1) is 19.2. The Morgan fingerprint density at radius 2 is 1.73 bits per heavy atom. The molecule has 1 aromatic heterocycles. The molecular weight excluding hydrogens is 336 g/mol. The average molecular weight is 358 g/mol. The van der Waals surface area contributed by atoms with Crippen molar-refractivity contribution >= 4 is 11.9 Å². The number of ether oxygens (including phenoxy) is 2. The van der Waals surface area contributed by atoms with Crippen LogP contribution in [0.15, 0.2) is 36.4 Å². The summed E-state index contributed by atoms with van der Waals surface area (Å²) in [7, 11) is 3.14. The van der Waals surface area contributed by atoms with E-state index in [9.17, 15) is 9.59 Å². The third-order valence-electron chi connectivity index (χ3n) is 4.06. The van der Waals surface area contributed by atoms with Crippen molar-refractivity contribution in [1.29, 1.82) is 0 Å². The number of carboxylic acid groups (broad SMARTS) is 1. The van der Waals surface area contributed by atoms with Crippen LogP contribution in [0, 0.1) is 0 Å². The quantitative estimate of drug-likeness (QED) is 0.789. The van der Waals surface area contributed by atoms with Crippen LogP contribution in [0.5, 0.6) is 11.5 Å². The van der Waals surface area contributed by atoms with Crippen molar-refractivity contribution in [3.8, 4) is 11.5 Å². The van der Waals surface area contributed by atoms with Crippen molar-refractivity contribution in [1.82, 2.24) is 10.3 Å². The molecule has 0 aliphatic heterocycles. The van der Waals surface area contributed by atoms with Crippen molar-refractivity contribution in [2.75, 3.05) is 20.8 Å². The van der Waals surface area contributed by atoms with E-state index < -0.39 is 11.9 Å². The van der Waals surface area contributed by atoms with Crippen LogP contribution in [0.25, 0.3) is 0 Å². The number of amides is 1. The van der Waals surface area contributed by atoms with E-state index in [4.69, 9.17) is 14.6 Å². The first-order valence-electron chi connectivity index (χ1n) is 7.99. The summed E-state index contributed by atoms with van der Waals surface area (Å²) in [6.45, 7) is 4.30. The number of hydrogen-bond acceptors (Lipinski definition) is 5. The van der Waals surface area contributed by atoms with Crippen molar-refractivity contribution < 1.29 is 24.2 Å². The minimum absolute atomic E-state index is 0.0630. The summed E-state index contributed by atoms with van der Waals surface area (Å²) in [5.41, 5.74) is 0.465. The summed E-state index contributed by atoms with van der Waals surface area (Å²) in [4.78, 5) is 27.1. The summed E-state index contributed by atoms with van der Waals surface area (Å²) < 4.78 is 10.6. The molecule has 0 aliphatic carbocycles. The molecule has 0 unspecified atom stereocenters. The van der Waals surface area contributed by atoms with Gasteiger partial charge in [-0.15, -0.1) is 0 Å². The molecule has 0 spiro atoms. The molecule has 7 nitrogen and oxygen atoms in total. The summed E-state index contributed by atoms with van der Waals surface area (Å²) in [5, 5.41) is 11.8. The van der Waals surface area contributed by atoms with Gasteiger partial charge in [0.05, 0.1) is 14.2 Å². The van der Waals surface area contributed by atoms with Gasteiger partial charge in [0.2, 0.25) is 0 Å². The second-order valence-corrected chi connectivity index (χ2v) is 6.35. The molecule has 0 saturated carbocycles. The van der Waals surface area contributed by atoms with Crippen LogP contribution in [0.1, 0.15) is 40.4 Å². The van der Waals surface area contributed by atoms with Gasteiger partial charge in [-0.25, -0.2) is 9.78 Å². The molecule has 0 bridgehead atoms. The van der Waals surface area contributed by atoms with Crippen LogP contribution in [-0.4, -0.2) is 42.7 Å². The summed E-state index contributed by atoms with van der Waals surface area (Å²) in [6.07, 6.45) is 0. The Hall–Kier alpha value is -3.09. The van der Waals surface area contributed by atoms with Gasteiger partial charge < -0.3 is 19.9 Å². The van der Waals surface area contributed by atoms with E-state index >= 15 is 0 Å². The SMILES string of the molecule is COc1ccc(C(C)(C)CNC(=O)c2cccc(C(=O)O)n2)cc1OC. The molecule has 26 heavy (non-hydrogen) atoms. The van der Waals surface area contributed by atoms with Gasteiger partial charge in [0, 0.05) is 12.0 Å². The fraction of sp³-hybridized carbons (Fsp3) is 0.316. The Morgan fingerprint density at radius 1 is 1.08 bits per heavy atom. The van der Waals surface area contributed by atoms with Gasteiger partial charge in [0.1, 0.15) is 11.4 Å². The fourth-order valence-corrected chi connectivity index (χ4v) is 2.43. The number of nitrogens with zero attached hydrogens (tertiary/aromatic N) is 1. The molecule has 1 aromatic carbocycles. The maximum atomic E-state index is 12.3. The normalized spacial score (nSPS) is 10.9. The number of nitrogens with one attached hydrogen (secondary N) is 1. The lowest BCUT2D eigenvalue weighted by atomic mass is 9.84. The number of carboxylic acids is 1. The molecule has 0 saturated heterocycles. The zero-order valence-corrected chi connectivity index (χ0v) is 15.2. The van der Waals surface area contributed by atoms with Gasteiger partial charge in [-0.2, -0.15) is 0 Å². The first-order chi connectivity index (χ1) is 12.3. The third kappa shape index (κ3) is 4.30. The molecule has 0 radical (unpaired) electrons. The van der Waals surface area contributed by atoms with Crippen LogP contribution in [0.2, 0.25) is 0 Å². The lowest BCUT2D eigenvalue weighted by molar-refractivity contribution is 0.0690. The Labute approximate surface area is 152 Å². The molecular formula is C19H22N2O5. The second-order valence-electron chi connectivity index (χ2n) is 6.35. The van der Waals surface area contributed by atoms with Gasteiger partial charge in [-0.05, 0) is 29.8 Å². The Balaban J connectivity index is 2.13. The zero-order chi connectivity index (χ0) is 19.3. The molecule has 0 atom stereocenters. The van der Waals surface area contributed by atoms with Gasteiger partial charge in [0.25, 0.3) is 5.91 Å². The number of aromatic nitrogens is 1. The van der Waals surface area contributed by atoms with Crippen molar-refractivity contribution in [2.45, 2.75) is 19.3 Å². The highest BCUT2D eigenvalue weighted by Gasteiger charge is 2.24. The van der Waals surface area contributed by atoms with Crippen LogP contribution in [0.3, 0.4) is 0 Å². The van der Waals surface area contributed by atoms with E-state index in [1.165, 1.54) is 18.2 Å². The Kier molecular flexibility index (Phi) is 5.82. The Bertz CT molecular complexity index is 817. The maximum absolute atomic E-state index is 12.3. The van der Waals surface area contributed by atoms with Crippen molar-refractivity contribution in [3.05, 3.63) is 53.3 Å². The van der Waals surface area contributed by atoms with Crippen LogP contribution in [0.4, 0.5) is 0 Å². The lowest BCUT2D eigenvalue weighted by Gasteiger charge is -2.26. The molecule has 0 fully saturated rings. The average Bonchev–Trinajstić information content (AvgIpc) is 2.65. The number of benzene rings is 1. The van der Waals surface area contributed by atoms with Crippen molar-refractivity contribution in [2.24, 2.45) is 0 Å². The molecule has 1 amide bonds. The number of methoxy groups -OCH3 is 2. The number of rotatable bonds is 7. The highest BCUT2D eigenvalue weighted by atomic mass is 16.5. The maximum Gasteiger partial charge on any atom is 0.354 e. The predicted octanol–water partition coefficient (Wildman–Crippen LogP) is 2.50. The third-order valence-corrected chi connectivity index (χ3v) is 4.06. The standard InChI is InChI=1S/C19H22N2O5/c1-19(2,12-8-9-15(25-3)16(10-12)26-4)11-20-17(22)13-6-5-7-14(21-13)18(23)24/h5-10H,11H2,1-4H3,(H,20,22)(H,23,24). The number of hydrogen-bond donors (Lipinski definition) is 2. The number of carbonyl (C=O) groups excluding carboxylic acids is 1. The highest BCUT2D eigenvalue weighted by molar-refractivity contribution is 5.94. The van der Waals surface area contributed by atoms with Crippen LogP contribution in [-0.2, 0) is 5.41 Å². The molecule has 2 rings (SSSR count). The highest BCUT2D eigenvalue weighted by Crippen LogP contribution is 2.32. The van der Waals surface area contributed by atoms with E-state index in [1.54, 1.807) is 14.2 Å². The van der Waals surface area contributed by atoms with Crippen molar-refractivity contribution in [3.63, 3.8) is 0 Å². The minimum Gasteiger partial charge on any atom is -0.493 e. The fourth-order valence-electron chi connectivity index (χ4n) is 2.43. The van der Waals surface area contributed by atoms with E-state index in [1.807, 2.05) is 32.0 Å². The zero-order valence-electron chi connectivity index (χ0n) is 15.2. The number of pyridine rings is 1. The molecule has 7 heteroatoms. The van der Waals surface area contributed by atoms with E-state index in [0.29, 0.717) is 18.0 Å². The van der Waals surface area contributed by atoms with Crippen LogP contribution < -0.4 is 14.8 Å². The van der Waals surface area contributed by atoms with Gasteiger partial charge in [-0.3, -0.25) is 4.79 Å². The van der Waals surface area contributed by atoms with Crippen LogP contribution >= 0.6 is 0 Å². The smallest absolute Gasteiger partial charge is 0.354 e. The summed E-state index contributed by atoms with van der Waals surface area (Å²) in [6, 6.07) is 9.91. The minimum atomic E-state index is -1.18. The monoisotopic (exact) mass is 358 g/mol. The summed E-state index contributed by atoms with van der Waals surface area (Å²) in [5.74, 6) is -0.363. The van der Waals surface area contributed by atoms with E-state index in [-0.39, 0.29) is 16.8 Å². The second kappa shape index (κ2) is 7.86.